The summed E-state index contributed by atoms with van der Waals surface area (Å²) in [6, 6.07) is 9.90. The number of para-hydroxylation sites is 1. The lowest BCUT2D eigenvalue weighted by molar-refractivity contribution is 0.441. The first-order valence-corrected chi connectivity index (χ1v) is 7.78. The third-order valence-electron chi connectivity index (χ3n) is 2.97. The SMILES string of the molecule is CNc1ccccc1S(=O)(=O)NC(C)c1ccc(C)o1. The molecule has 0 bridgehead atoms. The Morgan fingerprint density at radius 3 is 2.45 bits per heavy atom. The minimum atomic E-state index is -3.61. The van der Waals surface area contributed by atoms with Gasteiger partial charge in [-0.15, -0.1) is 0 Å². The third-order valence-corrected chi connectivity index (χ3v) is 4.56. The summed E-state index contributed by atoms with van der Waals surface area (Å²) in [5, 5.41) is 2.88. The van der Waals surface area contributed by atoms with E-state index in [2.05, 4.69) is 10.0 Å². The Hall–Kier alpha value is -1.79. The normalized spacial score (nSPS) is 13.2. The number of hydrogen-bond acceptors (Lipinski definition) is 4. The van der Waals surface area contributed by atoms with Gasteiger partial charge in [-0.25, -0.2) is 13.1 Å². The van der Waals surface area contributed by atoms with Crippen LogP contribution in [0, 0.1) is 6.92 Å². The predicted molar refractivity (Wildman–Crippen MR) is 78.2 cm³/mol. The molecule has 1 unspecified atom stereocenters. The lowest BCUT2D eigenvalue weighted by Crippen LogP contribution is -2.27. The van der Waals surface area contributed by atoms with Crippen molar-refractivity contribution in [3.8, 4) is 0 Å². The molecule has 1 aromatic heterocycles. The van der Waals surface area contributed by atoms with E-state index in [1.54, 1.807) is 44.3 Å². The molecule has 108 valence electrons. The van der Waals surface area contributed by atoms with Crippen LogP contribution < -0.4 is 10.0 Å². The van der Waals surface area contributed by atoms with Gasteiger partial charge in [0.2, 0.25) is 10.0 Å². The molecule has 0 aliphatic carbocycles. The van der Waals surface area contributed by atoms with Gasteiger partial charge in [0.15, 0.2) is 0 Å². The second kappa shape index (κ2) is 5.68. The molecule has 0 saturated carbocycles. The fraction of sp³-hybridized carbons (Fsp3) is 0.286. The number of aryl methyl sites for hydroxylation is 1. The highest BCUT2D eigenvalue weighted by Crippen LogP contribution is 2.23. The van der Waals surface area contributed by atoms with Crippen molar-refractivity contribution >= 4 is 15.7 Å². The zero-order valence-corrected chi connectivity index (χ0v) is 12.5. The molecule has 1 aromatic carbocycles. The van der Waals surface area contributed by atoms with Crippen molar-refractivity contribution in [3.05, 3.63) is 47.9 Å². The van der Waals surface area contributed by atoms with E-state index >= 15 is 0 Å². The molecular formula is C14H18N2O3S. The maximum absolute atomic E-state index is 12.4. The summed E-state index contributed by atoms with van der Waals surface area (Å²) in [6.45, 7) is 3.57. The van der Waals surface area contributed by atoms with Crippen LogP contribution in [0.2, 0.25) is 0 Å². The zero-order valence-electron chi connectivity index (χ0n) is 11.7. The van der Waals surface area contributed by atoms with Gasteiger partial charge >= 0.3 is 0 Å². The molecule has 0 amide bonds. The van der Waals surface area contributed by atoms with Crippen LogP contribution in [0.5, 0.6) is 0 Å². The van der Waals surface area contributed by atoms with Gasteiger partial charge in [-0.1, -0.05) is 12.1 Å². The van der Waals surface area contributed by atoms with Crippen molar-refractivity contribution in [1.29, 1.82) is 0 Å². The van der Waals surface area contributed by atoms with Crippen molar-refractivity contribution < 1.29 is 12.8 Å². The van der Waals surface area contributed by atoms with Gasteiger partial charge in [-0.05, 0) is 38.1 Å². The lowest BCUT2D eigenvalue weighted by atomic mass is 10.3. The van der Waals surface area contributed by atoms with Crippen molar-refractivity contribution in [2.75, 3.05) is 12.4 Å². The summed E-state index contributed by atoms with van der Waals surface area (Å²) in [7, 11) is -1.93. The molecule has 0 fully saturated rings. The molecule has 20 heavy (non-hydrogen) atoms. The van der Waals surface area contributed by atoms with E-state index in [4.69, 9.17) is 4.42 Å². The Bertz CT molecular complexity index is 692. The summed E-state index contributed by atoms with van der Waals surface area (Å²) in [5.74, 6) is 1.34. The van der Waals surface area contributed by atoms with Crippen molar-refractivity contribution in [3.63, 3.8) is 0 Å². The molecule has 0 saturated heterocycles. The first kappa shape index (κ1) is 14.6. The van der Waals surface area contributed by atoms with Crippen LogP contribution in [0.1, 0.15) is 24.5 Å². The van der Waals surface area contributed by atoms with E-state index in [9.17, 15) is 8.42 Å². The average molecular weight is 294 g/mol. The minimum Gasteiger partial charge on any atom is -0.465 e. The first-order valence-electron chi connectivity index (χ1n) is 6.29. The van der Waals surface area contributed by atoms with Gasteiger partial charge in [0.05, 0.1) is 11.7 Å². The van der Waals surface area contributed by atoms with E-state index in [1.807, 2.05) is 13.0 Å². The Labute approximate surface area is 119 Å². The molecule has 5 nitrogen and oxygen atoms in total. The number of nitrogens with one attached hydrogen (secondary N) is 2. The monoisotopic (exact) mass is 294 g/mol. The molecule has 0 aliphatic rings. The minimum absolute atomic E-state index is 0.220. The summed E-state index contributed by atoms with van der Waals surface area (Å²) in [5.41, 5.74) is 0.558. The maximum Gasteiger partial charge on any atom is 0.243 e. The lowest BCUT2D eigenvalue weighted by Gasteiger charge is -2.14. The highest BCUT2D eigenvalue weighted by molar-refractivity contribution is 7.89. The molecule has 0 aliphatic heterocycles. The van der Waals surface area contributed by atoms with Crippen LogP contribution in [-0.2, 0) is 10.0 Å². The Balaban J connectivity index is 2.27. The van der Waals surface area contributed by atoms with Crippen LogP contribution in [-0.4, -0.2) is 15.5 Å². The topological polar surface area (TPSA) is 71.3 Å². The molecule has 6 heteroatoms. The average Bonchev–Trinajstić information content (AvgIpc) is 2.85. The second-order valence-electron chi connectivity index (χ2n) is 4.54. The van der Waals surface area contributed by atoms with Gasteiger partial charge in [0.1, 0.15) is 16.4 Å². The number of anilines is 1. The second-order valence-corrected chi connectivity index (χ2v) is 6.22. The number of hydrogen-bond donors (Lipinski definition) is 2. The smallest absolute Gasteiger partial charge is 0.243 e. The summed E-state index contributed by atoms with van der Waals surface area (Å²) < 4.78 is 32.9. The van der Waals surface area contributed by atoms with Crippen LogP contribution in [0.4, 0.5) is 5.69 Å². The summed E-state index contributed by atoms with van der Waals surface area (Å²) >= 11 is 0. The fourth-order valence-corrected chi connectivity index (χ4v) is 3.37. The largest absolute Gasteiger partial charge is 0.465 e. The zero-order chi connectivity index (χ0) is 14.8. The van der Waals surface area contributed by atoms with Gasteiger partial charge in [0.25, 0.3) is 0 Å². The number of furan rings is 1. The van der Waals surface area contributed by atoms with Crippen LogP contribution >= 0.6 is 0 Å². The van der Waals surface area contributed by atoms with Gasteiger partial charge in [0, 0.05) is 7.05 Å². The van der Waals surface area contributed by atoms with Gasteiger partial charge in [-0.2, -0.15) is 0 Å². The van der Waals surface area contributed by atoms with E-state index in [-0.39, 0.29) is 4.90 Å². The molecule has 0 spiro atoms. The van der Waals surface area contributed by atoms with E-state index < -0.39 is 16.1 Å². The van der Waals surface area contributed by atoms with Crippen LogP contribution in [0.15, 0.2) is 45.7 Å². The Morgan fingerprint density at radius 2 is 1.85 bits per heavy atom. The molecule has 1 atom stereocenters. The Morgan fingerprint density at radius 1 is 1.15 bits per heavy atom. The standard InChI is InChI=1S/C14H18N2O3S/c1-10-8-9-13(19-10)11(2)16-20(17,18)14-7-5-4-6-12(14)15-3/h4-9,11,15-16H,1-3H3. The summed E-state index contributed by atoms with van der Waals surface area (Å²) in [4.78, 5) is 0.220. The third kappa shape index (κ3) is 3.02. The molecular weight excluding hydrogens is 276 g/mol. The quantitative estimate of drug-likeness (QED) is 0.889. The molecule has 0 radical (unpaired) electrons. The molecule has 1 heterocycles. The van der Waals surface area contributed by atoms with Crippen molar-refractivity contribution in [2.45, 2.75) is 24.8 Å². The maximum atomic E-state index is 12.4. The van der Waals surface area contributed by atoms with E-state index in [1.165, 1.54) is 0 Å². The number of benzene rings is 1. The Kier molecular flexibility index (Phi) is 4.15. The van der Waals surface area contributed by atoms with Gasteiger partial charge in [-0.3, -0.25) is 0 Å². The first-order chi connectivity index (χ1) is 9.44. The highest BCUT2D eigenvalue weighted by Gasteiger charge is 2.22. The fourth-order valence-electron chi connectivity index (χ4n) is 1.95. The molecule has 2 rings (SSSR count). The van der Waals surface area contributed by atoms with Crippen LogP contribution in [0.3, 0.4) is 0 Å². The van der Waals surface area contributed by atoms with Crippen LogP contribution in [0.25, 0.3) is 0 Å². The van der Waals surface area contributed by atoms with E-state index in [0.29, 0.717) is 11.4 Å². The van der Waals surface area contributed by atoms with Crippen molar-refractivity contribution in [1.82, 2.24) is 4.72 Å². The molecule has 2 N–H and O–H groups in total. The number of rotatable bonds is 5. The highest BCUT2D eigenvalue weighted by atomic mass is 32.2. The van der Waals surface area contributed by atoms with Crippen molar-refractivity contribution in [2.24, 2.45) is 0 Å². The number of sulfonamides is 1. The van der Waals surface area contributed by atoms with Gasteiger partial charge < -0.3 is 9.73 Å². The summed E-state index contributed by atoms with van der Waals surface area (Å²) in [6.07, 6.45) is 0. The predicted octanol–water partition coefficient (Wildman–Crippen LogP) is 2.67. The molecule has 2 aromatic rings. The van der Waals surface area contributed by atoms with E-state index in [0.717, 1.165) is 5.76 Å².